The second-order valence-corrected chi connectivity index (χ2v) is 5.10. The third-order valence-electron chi connectivity index (χ3n) is 3.19. The van der Waals surface area contributed by atoms with E-state index in [2.05, 4.69) is 15.1 Å². The molecule has 0 atom stereocenters. The first-order chi connectivity index (χ1) is 9.13. The Hall–Kier alpha value is -1.69. The minimum Gasteiger partial charge on any atom is -0.279 e. The van der Waals surface area contributed by atoms with Gasteiger partial charge in [0, 0.05) is 18.7 Å². The maximum Gasteiger partial charge on any atom is 0.346 e. The van der Waals surface area contributed by atoms with Crippen molar-refractivity contribution in [2.75, 3.05) is 0 Å². The molecule has 3 heterocycles. The van der Waals surface area contributed by atoms with Crippen LogP contribution in [0, 0.1) is 6.92 Å². The molecule has 0 aromatic carbocycles. The number of nitrogens with zero attached hydrogens (tertiary/aromatic N) is 5. The summed E-state index contributed by atoms with van der Waals surface area (Å²) in [5, 5.41) is 4.74. The standard InChI is InChI=1S/C12H14ClN5O/c1-8-6-9(13)15-10(14-8)7-18-12(19)17-5-3-2-4-11(17)16-18/h6H,2-5,7H2,1H3. The average Bonchev–Trinajstić information content (AvgIpc) is 2.66. The minimum absolute atomic E-state index is 0.0871. The molecule has 1 aliphatic heterocycles. The molecule has 0 fully saturated rings. The topological polar surface area (TPSA) is 65.6 Å². The van der Waals surface area contributed by atoms with Gasteiger partial charge < -0.3 is 0 Å². The lowest BCUT2D eigenvalue weighted by atomic mass is 10.2. The zero-order chi connectivity index (χ0) is 13.4. The highest BCUT2D eigenvalue weighted by Gasteiger charge is 2.17. The molecule has 0 spiro atoms. The van der Waals surface area contributed by atoms with Gasteiger partial charge in [-0.3, -0.25) is 4.57 Å². The van der Waals surface area contributed by atoms with Crippen LogP contribution in [-0.4, -0.2) is 24.3 Å². The first kappa shape index (κ1) is 12.3. The van der Waals surface area contributed by atoms with Crippen LogP contribution >= 0.6 is 11.6 Å². The summed E-state index contributed by atoms with van der Waals surface area (Å²) >= 11 is 5.89. The third kappa shape index (κ3) is 2.40. The summed E-state index contributed by atoms with van der Waals surface area (Å²) in [6, 6.07) is 1.69. The van der Waals surface area contributed by atoms with E-state index in [-0.39, 0.29) is 12.2 Å². The summed E-state index contributed by atoms with van der Waals surface area (Å²) in [5.41, 5.74) is 0.697. The van der Waals surface area contributed by atoms with Crippen LogP contribution in [0.15, 0.2) is 10.9 Å². The Morgan fingerprint density at radius 3 is 2.95 bits per heavy atom. The van der Waals surface area contributed by atoms with Crippen LogP contribution in [0.2, 0.25) is 5.15 Å². The Balaban J connectivity index is 1.95. The summed E-state index contributed by atoms with van der Waals surface area (Å²) in [6.07, 6.45) is 2.98. The summed E-state index contributed by atoms with van der Waals surface area (Å²) in [5.74, 6) is 1.37. The maximum absolute atomic E-state index is 12.2. The predicted molar refractivity (Wildman–Crippen MR) is 70.3 cm³/mol. The lowest BCUT2D eigenvalue weighted by Crippen LogP contribution is -2.27. The van der Waals surface area contributed by atoms with Crippen LogP contribution < -0.4 is 5.69 Å². The van der Waals surface area contributed by atoms with Crippen molar-refractivity contribution in [2.24, 2.45) is 0 Å². The van der Waals surface area contributed by atoms with Crippen LogP contribution in [0.5, 0.6) is 0 Å². The van der Waals surface area contributed by atoms with E-state index in [4.69, 9.17) is 11.6 Å². The highest BCUT2D eigenvalue weighted by Crippen LogP contribution is 2.10. The molecular formula is C12H14ClN5O. The van der Waals surface area contributed by atoms with E-state index in [0.29, 0.717) is 11.0 Å². The quantitative estimate of drug-likeness (QED) is 0.775. The van der Waals surface area contributed by atoms with E-state index < -0.39 is 0 Å². The summed E-state index contributed by atoms with van der Waals surface area (Å²) in [4.78, 5) is 20.6. The number of rotatable bonds is 2. The van der Waals surface area contributed by atoms with Gasteiger partial charge in [0.25, 0.3) is 0 Å². The molecule has 2 aromatic rings. The molecule has 1 aliphatic rings. The van der Waals surface area contributed by atoms with Crippen LogP contribution in [0.3, 0.4) is 0 Å². The first-order valence-corrected chi connectivity index (χ1v) is 6.68. The maximum atomic E-state index is 12.2. The first-order valence-electron chi connectivity index (χ1n) is 6.30. The van der Waals surface area contributed by atoms with Gasteiger partial charge in [-0.15, -0.1) is 0 Å². The fraction of sp³-hybridized carbons (Fsp3) is 0.500. The fourth-order valence-corrected chi connectivity index (χ4v) is 2.60. The van der Waals surface area contributed by atoms with Crippen molar-refractivity contribution >= 4 is 11.6 Å². The average molecular weight is 280 g/mol. The molecule has 2 aromatic heterocycles. The third-order valence-corrected chi connectivity index (χ3v) is 3.39. The van der Waals surface area contributed by atoms with Crippen molar-refractivity contribution in [3.63, 3.8) is 0 Å². The van der Waals surface area contributed by atoms with Crippen LogP contribution in [-0.2, 0) is 19.5 Å². The van der Waals surface area contributed by atoms with Gasteiger partial charge in [0.15, 0.2) is 5.82 Å². The van der Waals surface area contributed by atoms with Crippen LogP contribution in [0.25, 0.3) is 0 Å². The van der Waals surface area contributed by atoms with Crippen molar-refractivity contribution in [3.05, 3.63) is 39.0 Å². The molecule has 0 N–H and O–H groups in total. The Morgan fingerprint density at radius 2 is 2.21 bits per heavy atom. The van der Waals surface area contributed by atoms with Crippen molar-refractivity contribution in [2.45, 2.75) is 39.3 Å². The predicted octanol–water partition coefficient (Wildman–Crippen LogP) is 1.18. The van der Waals surface area contributed by atoms with Gasteiger partial charge in [0.05, 0.1) is 0 Å². The van der Waals surface area contributed by atoms with Gasteiger partial charge in [-0.2, -0.15) is 5.10 Å². The van der Waals surface area contributed by atoms with Crippen molar-refractivity contribution in [1.82, 2.24) is 24.3 Å². The second-order valence-electron chi connectivity index (χ2n) is 4.71. The van der Waals surface area contributed by atoms with Gasteiger partial charge in [0.2, 0.25) is 0 Å². The molecule has 7 heteroatoms. The molecule has 0 saturated heterocycles. The summed E-state index contributed by atoms with van der Waals surface area (Å²) in [7, 11) is 0. The largest absolute Gasteiger partial charge is 0.346 e. The Morgan fingerprint density at radius 1 is 1.37 bits per heavy atom. The Bertz CT molecular complexity index is 655. The fourth-order valence-electron chi connectivity index (χ4n) is 2.34. The van der Waals surface area contributed by atoms with E-state index in [1.807, 2.05) is 6.92 Å². The molecule has 100 valence electrons. The zero-order valence-corrected chi connectivity index (χ0v) is 11.4. The molecule has 0 aliphatic carbocycles. The van der Waals surface area contributed by atoms with Crippen LogP contribution in [0.4, 0.5) is 0 Å². The van der Waals surface area contributed by atoms with Gasteiger partial charge in [-0.1, -0.05) is 11.6 Å². The van der Waals surface area contributed by atoms with Gasteiger partial charge in [-0.25, -0.2) is 19.4 Å². The molecule has 0 bridgehead atoms. The van der Waals surface area contributed by atoms with E-state index in [0.717, 1.165) is 37.3 Å². The normalized spacial score (nSPS) is 14.4. The highest BCUT2D eigenvalue weighted by atomic mass is 35.5. The lowest BCUT2D eigenvalue weighted by molar-refractivity contribution is 0.511. The smallest absolute Gasteiger partial charge is 0.279 e. The number of hydrogen-bond donors (Lipinski definition) is 0. The highest BCUT2D eigenvalue weighted by molar-refractivity contribution is 6.29. The second kappa shape index (κ2) is 4.77. The van der Waals surface area contributed by atoms with Crippen molar-refractivity contribution in [1.29, 1.82) is 0 Å². The van der Waals surface area contributed by atoms with E-state index in [1.54, 1.807) is 10.6 Å². The number of halogens is 1. The van der Waals surface area contributed by atoms with Gasteiger partial charge >= 0.3 is 5.69 Å². The molecule has 19 heavy (non-hydrogen) atoms. The number of aromatic nitrogens is 5. The van der Waals surface area contributed by atoms with Gasteiger partial charge in [-0.05, 0) is 25.8 Å². The van der Waals surface area contributed by atoms with Crippen molar-refractivity contribution < 1.29 is 0 Å². The van der Waals surface area contributed by atoms with Crippen molar-refractivity contribution in [3.8, 4) is 0 Å². The number of aryl methyl sites for hydroxylation is 2. The molecular weight excluding hydrogens is 266 g/mol. The van der Waals surface area contributed by atoms with Gasteiger partial charge in [0.1, 0.15) is 17.5 Å². The zero-order valence-electron chi connectivity index (χ0n) is 10.6. The lowest BCUT2D eigenvalue weighted by Gasteiger charge is -2.09. The monoisotopic (exact) mass is 279 g/mol. The SMILES string of the molecule is Cc1cc(Cl)nc(Cn2nc3n(c2=O)CCCC3)n1. The molecule has 3 rings (SSSR count). The van der Waals surface area contributed by atoms with E-state index >= 15 is 0 Å². The minimum atomic E-state index is -0.0871. The Kier molecular flexibility index (Phi) is 3.10. The molecule has 6 nitrogen and oxygen atoms in total. The van der Waals surface area contributed by atoms with Crippen LogP contribution in [0.1, 0.15) is 30.2 Å². The molecule has 0 radical (unpaired) electrons. The molecule has 0 amide bonds. The molecule has 0 saturated carbocycles. The van der Waals surface area contributed by atoms with E-state index in [9.17, 15) is 4.79 Å². The number of hydrogen-bond acceptors (Lipinski definition) is 4. The summed E-state index contributed by atoms with van der Waals surface area (Å²) < 4.78 is 3.16. The summed E-state index contributed by atoms with van der Waals surface area (Å²) in [6.45, 7) is 2.86. The van der Waals surface area contributed by atoms with E-state index in [1.165, 1.54) is 4.68 Å². The number of fused-ring (bicyclic) bond motifs is 1. The Labute approximate surface area is 115 Å². The molecule has 0 unspecified atom stereocenters.